The summed E-state index contributed by atoms with van der Waals surface area (Å²) in [5, 5.41) is 2.90. The summed E-state index contributed by atoms with van der Waals surface area (Å²) in [7, 11) is 0. The SMILES string of the molecule is CCc1ccccc1NC(=O)[C@@H](N)c1ccccc1. The topological polar surface area (TPSA) is 55.1 Å². The zero-order valence-corrected chi connectivity index (χ0v) is 11.0. The third-order valence-corrected chi connectivity index (χ3v) is 3.10. The smallest absolute Gasteiger partial charge is 0.245 e. The molecule has 2 aromatic rings. The molecular weight excluding hydrogens is 236 g/mol. The summed E-state index contributed by atoms with van der Waals surface area (Å²) in [5.41, 5.74) is 8.72. The Morgan fingerprint density at radius 3 is 2.42 bits per heavy atom. The summed E-state index contributed by atoms with van der Waals surface area (Å²) in [4.78, 5) is 12.1. The molecule has 0 heterocycles. The molecule has 0 saturated carbocycles. The first-order valence-corrected chi connectivity index (χ1v) is 6.41. The summed E-state index contributed by atoms with van der Waals surface area (Å²) in [6.07, 6.45) is 0.872. The van der Waals surface area contributed by atoms with Crippen LogP contribution in [0.25, 0.3) is 0 Å². The van der Waals surface area contributed by atoms with Crippen molar-refractivity contribution in [2.75, 3.05) is 5.32 Å². The van der Waals surface area contributed by atoms with Gasteiger partial charge in [0.25, 0.3) is 0 Å². The summed E-state index contributed by atoms with van der Waals surface area (Å²) in [6.45, 7) is 2.06. The average Bonchev–Trinajstić information content (AvgIpc) is 2.48. The molecule has 19 heavy (non-hydrogen) atoms. The molecule has 0 fully saturated rings. The molecule has 0 radical (unpaired) electrons. The Bertz CT molecular complexity index is 552. The van der Waals surface area contributed by atoms with E-state index in [0.29, 0.717) is 0 Å². The zero-order valence-electron chi connectivity index (χ0n) is 11.0. The van der Waals surface area contributed by atoms with Gasteiger partial charge >= 0.3 is 0 Å². The van der Waals surface area contributed by atoms with Crippen LogP contribution in [-0.4, -0.2) is 5.91 Å². The van der Waals surface area contributed by atoms with Gasteiger partial charge in [-0.3, -0.25) is 4.79 Å². The van der Waals surface area contributed by atoms with Gasteiger partial charge in [-0.2, -0.15) is 0 Å². The number of hydrogen-bond acceptors (Lipinski definition) is 2. The average molecular weight is 254 g/mol. The number of rotatable bonds is 4. The molecule has 3 nitrogen and oxygen atoms in total. The second-order valence-corrected chi connectivity index (χ2v) is 4.39. The molecule has 0 aliphatic heterocycles. The van der Waals surface area contributed by atoms with E-state index in [4.69, 9.17) is 5.73 Å². The molecular formula is C16H18N2O. The largest absolute Gasteiger partial charge is 0.324 e. The third kappa shape index (κ3) is 3.20. The number of anilines is 1. The fraction of sp³-hybridized carbons (Fsp3) is 0.188. The molecule has 0 aliphatic carbocycles. The number of carbonyl (C=O) groups is 1. The van der Waals surface area contributed by atoms with Gasteiger partial charge in [0, 0.05) is 5.69 Å². The standard InChI is InChI=1S/C16H18N2O/c1-2-12-8-6-7-11-14(12)18-16(19)15(17)13-9-4-3-5-10-13/h3-11,15H,2,17H2,1H3,(H,18,19)/t15-/m0/s1. The van der Waals surface area contributed by atoms with Gasteiger partial charge in [-0.05, 0) is 23.6 Å². The Labute approximate surface area is 113 Å². The molecule has 1 atom stereocenters. The number of para-hydroxylation sites is 1. The van der Waals surface area contributed by atoms with E-state index in [1.807, 2.05) is 54.6 Å². The monoisotopic (exact) mass is 254 g/mol. The predicted molar refractivity (Wildman–Crippen MR) is 77.8 cm³/mol. The summed E-state index contributed by atoms with van der Waals surface area (Å²) >= 11 is 0. The lowest BCUT2D eigenvalue weighted by Crippen LogP contribution is -2.28. The van der Waals surface area contributed by atoms with Gasteiger partial charge in [-0.1, -0.05) is 55.5 Å². The highest BCUT2D eigenvalue weighted by Crippen LogP contribution is 2.18. The Morgan fingerprint density at radius 2 is 1.74 bits per heavy atom. The quantitative estimate of drug-likeness (QED) is 0.881. The fourth-order valence-corrected chi connectivity index (χ4v) is 1.97. The lowest BCUT2D eigenvalue weighted by molar-refractivity contribution is -0.117. The van der Waals surface area contributed by atoms with Crippen molar-refractivity contribution in [2.24, 2.45) is 5.73 Å². The lowest BCUT2D eigenvalue weighted by atomic mass is 10.1. The highest BCUT2D eigenvalue weighted by molar-refractivity contribution is 5.96. The molecule has 0 aromatic heterocycles. The van der Waals surface area contributed by atoms with Gasteiger partial charge in [0.05, 0.1) is 0 Å². The van der Waals surface area contributed by atoms with E-state index in [1.165, 1.54) is 0 Å². The van der Waals surface area contributed by atoms with Gasteiger partial charge in [-0.25, -0.2) is 0 Å². The normalized spacial score (nSPS) is 11.9. The van der Waals surface area contributed by atoms with Gasteiger partial charge in [-0.15, -0.1) is 0 Å². The van der Waals surface area contributed by atoms with Gasteiger partial charge < -0.3 is 11.1 Å². The van der Waals surface area contributed by atoms with Crippen LogP contribution in [0.3, 0.4) is 0 Å². The summed E-state index contributed by atoms with van der Waals surface area (Å²) < 4.78 is 0. The van der Waals surface area contributed by atoms with Gasteiger partial charge in [0.15, 0.2) is 0 Å². The number of benzene rings is 2. The van der Waals surface area contributed by atoms with Crippen molar-refractivity contribution in [1.82, 2.24) is 0 Å². The molecule has 0 unspecified atom stereocenters. The molecule has 0 spiro atoms. The van der Waals surface area contributed by atoms with Gasteiger partial charge in [0.2, 0.25) is 5.91 Å². The highest BCUT2D eigenvalue weighted by atomic mass is 16.2. The number of nitrogens with one attached hydrogen (secondary N) is 1. The van der Waals surface area contributed by atoms with Crippen molar-refractivity contribution in [3.05, 3.63) is 65.7 Å². The summed E-state index contributed by atoms with van der Waals surface area (Å²) in [6, 6.07) is 16.5. The van der Waals surface area contributed by atoms with Crippen molar-refractivity contribution in [3.8, 4) is 0 Å². The van der Waals surface area contributed by atoms with E-state index in [2.05, 4.69) is 12.2 Å². The molecule has 1 amide bonds. The molecule has 98 valence electrons. The zero-order chi connectivity index (χ0) is 13.7. The molecule has 2 aromatic carbocycles. The predicted octanol–water partition coefficient (Wildman–Crippen LogP) is 2.89. The molecule has 0 aliphatic rings. The lowest BCUT2D eigenvalue weighted by Gasteiger charge is -2.14. The van der Waals surface area contributed by atoms with E-state index in [-0.39, 0.29) is 5.91 Å². The van der Waals surface area contributed by atoms with Crippen molar-refractivity contribution in [1.29, 1.82) is 0 Å². The van der Waals surface area contributed by atoms with Crippen LogP contribution in [0.2, 0.25) is 0 Å². The van der Waals surface area contributed by atoms with Crippen LogP contribution < -0.4 is 11.1 Å². The number of aryl methyl sites for hydroxylation is 1. The van der Waals surface area contributed by atoms with E-state index in [9.17, 15) is 4.79 Å². The van der Waals surface area contributed by atoms with Crippen LogP contribution in [0, 0.1) is 0 Å². The maximum atomic E-state index is 12.1. The minimum Gasteiger partial charge on any atom is -0.324 e. The van der Waals surface area contributed by atoms with Crippen molar-refractivity contribution in [2.45, 2.75) is 19.4 Å². The van der Waals surface area contributed by atoms with Gasteiger partial charge in [0.1, 0.15) is 6.04 Å². The summed E-state index contributed by atoms with van der Waals surface area (Å²) in [5.74, 6) is -0.188. The number of amides is 1. The molecule has 3 N–H and O–H groups in total. The fourth-order valence-electron chi connectivity index (χ4n) is 1.97. The number of nitrogens with two attached hydrogens (primary N) is 1. The number of hydrogen-bond donors (Lipinski definition) is 2. The van der Waals surface area contributed by atoms with E-state index < -0.39 is 6.04 Å². The van der Waals surface area contributed by atoms with Crippen molar-refractivity contribution < 1.29 is 4.79 Å². The first kappa shape index (κ1) is 13.3. The Morgan fingerprint density at radius 1 is 1.11 bits per heavy atom. The van der Waals surface area contributed by atoms with Crippen molar-refractivity contribution in [3.63, 3.8) is 0 Å². The second kappa shape index (κ2) is 6.16. The van der Waals surface area contributed by atoms with E-state index >= 15 is 0 Å². The molecule has 0 saturated heterocycles. The van der Waals surface area contributed by atoms with Crippen LogP contribution in [0.5, 0.6) is 0 Å². The van der Waals surface area contributed by atoms with Crippen LogP contribution >= 0.6 is 0 Å². The van der Waals surface area contributed by atoms with Crippen LogP contribution in [-0.2, 0) is 11.2 Å². The van der Waals surface area contributed by atoms with Crippen LogP contribution in [0.4, 0.5) is 5.69 Å². The van der Waals surface area contributed by atoms with E-state index in [1.54, 1.807) is 0 Å². The number of carbonyl (C=O) groups excluding carboxylic acids is 1. The maximum Gasteiger partial charge on any atom is 0.245 e. The first-order valence-electron chi connectivity index (χ1n) is 6.41. The second-order valence-electron chi connectivity index (χ2n) is 4.39. The molecule has 3 heteroatoms. The molecule has 2 rings (SSSR count). The minimum atomic E-state index is -0.647. The highest BCUT2D eigenvalue weighted by Gasteiger charge is 2.16. The van der Waals surface area contributed by atoms with Crippen molar-refractivity contribution >= 4 is 11.6 Å². The third-order valence-electron chi connectivity index (χ3n) is 3.10. The first-order chi connectivity index (χ1) is 9.22. The molecule has 0 bridgehead atoms. The van der Waals surface area contributed by atoms with Crippen LogP contribution in [0.15, 0.2) is 54.6 Å². The van der Waals surface area contributed by atoms with E-state index in [0.717, 1.165) is 23.2 Å². The maximum absolute atomic E-state index is 12.1. The Hall–Kier alpha value is -2.13. The minimum absolute atomic E-state index is 0.188. The Kier molecular flexibility index (Phi) is 4.31. The Balaban J connectivity index is 2.13. The van der Waals surface area contributed by atoms with Crippen LogP contribution in [0.1, 0.15) is 24.1 Å².